The average molecular weight is 260 g/mol. The molecule has 0 aliphatic rings. The number of carbonyl (C=O) groups is 1. The van der Waals surface area contributed by atoms with Crippen LogP contribution in [0.1, 0.15) is 6.42 Å². The molecule has 5 heteroatoms. The number of aliphatic hydroxyl groups excluding tert-OH is 3. The lowest BCUT2D eigenvalue weighted by atomic mass is 10.2. The quantitative estimate of drug-likeness (QED) is 0.346. The lowest BCUT2D eigenvalue weighted by molar-refractivity contribution is -0.112. The summed E-state index contributed by atoms with van der Waals surface area (Å²) in [5.41, 5.74) is 0. The highest BCUT2D eigenvalue weighted by atomic mass is 127. The Kier molecular flexibility index (Phi) is 5.14. The molecule has 0 aromatic rings. The molecule has 0 aliphatic carbocycles. The minimum absolute atomic E-state index is 0.152. The fourth-order valence-corrected chi connectivity index (χ4v) is 0.901. The Morgan fingerprint density at radius 3 is 2.20 bits per heavy atom. The van der Waals surface area contributed by atoms with E-state index >= 15 is 0 Å². The van der Waals surface area contributed by atoms with Crippen LogP contribution in [-0.2, 0) is 4.79 Å². The van der Waals surface area contributed by atoms with Crippen molar-refractivity contribution in [2.75, 3.05) is 0 Å². The predicted octanol–water partition coefficient (Wildman–Crippen LogP) is -0.949. The first-order chi connectivity index (χ1) is 4.59. The van der Waals surface area contributed by atoms with Gasteiger partial charge in [-0.15, -0.1) is 0 Å². The van der Waals surface area contributed by atoms with Crippen molar-refractivity contribution >= 4 is 28.9 Å². The van der Waals surface area contributed by atoms with E-state index in [0.717, 1.165) is 0 Å². The van der Waals surface area contributed by atoms with Crippen LogP contribution >= 0.6 is 22.6 Å². The summed E-state index contributed by atoms with van der Waals surface area (Å²) in [5, 5.41) is 26.4. The van der Waals surface area contributed by atoms with Gasteiger partial charge in [0, 0.05) is 6.42 Å². The molecule has 0 saturated heterocycles. The molecule has 0 bridgehead atoms. The van der Waals surface area contributed by atoms with Crippen LogP contribution in [0.2, 0.25) is 0 Å². The molecule has 0 saturated carbocycles. The summed E-state index contributed by atoms with van der Waals surface area (Å²) in [6, 6.07) is 0. The molecule has 0 heterocycles. The van der Waals surface area contributed by atoms with Crippen LogP contribution in [0.15, 0.2) is 0 Å². The molecule has 0 amide bonds. The van der Waals surface area contributed by atoms with Crippen LogP contribution in [0, 0.1) is 0 Å². The van der Waals surface area contributed by atoms with E-state index in [4.69, 9.17) is 15.3 Å². The van der Waals surface area contributed by atoms with E-state index in [9.17, 15) is 4.79 Å². The number of aldehydes is 1. The zero-order chi connectivity index (χ0) is 8.15. The third-order valence-corrected chi connectivity index (χ3v) is 1.75. The molecule has 0 spiro atoms. The fourth-order valence-electron chi connectivity index (χ4n) is 0.421. The van der Waals surface area contributed by atoms with E-state index in [1.165, 1.54) is 0 Å². The summed E-state index contributed by atoms with van der Waals surface area (Å²) in [4.78, 5) is 9.79. The van der Waals surface area contributed by atoms with E-state index in [1.807, 2.05) is 0 Å². The highest BCUT2D eigenvalue weighted by molar-refractivity contribution is 14.1. The highest BCUT2D eigenvalue weighted by Crippen LogP contribution is 2.08. The number of hydrogen-bond acceptors (Lipinski definition) is 4. The maximum atomic E-state index is 9.79. The molecule has 0 aromatic heterocycles. The van der Waals surface area contributed by atoms with Gasteiger partial charge >= 0.3 is 0 Å². The Labute approximate surface area is 72.0 Å². The van der Waals surface area contributed by atoms with Crippen LogP contribution in [0.25, 0.3) is 0 Å². The first kappa shape index (κ1) is 10.3. The summed E-state index contributed by atoms with van der Waals surface area (Å²) in [7, 11) is 0. The van der Waals surface area contributed by atoms with Gasteiger partial charge in [0.15, 0.2) is 0 Å². The second-order valence-corrected chi connectivity index (χ2v) is 3.11. The van der Waals surface area contributed by atoms with Gasteiger partial charge in [-0.05, 0) is 22.6 Å². The predicted molar refractivity (Wildman–Crippen MR) is 42.7 cm³/mol. The van der Waals surface area contributed by atoms with Crippen LogP contribution in [0.5, 0.6) is 0 Å². The van der Waals surface area contributed by atoms with Crippen molar-refractivity contribution in [3.05, 3.63) is 0 Å². The molecule has 3 atom stereocenters. The molecule has 0 fully saturated rings. The zero-order valence-electron chi connectivity index (χ0n) is 5.14. The Hall–Kier alpha value is 0.280. The topological polar surface area (TPSA) is 77.8 Å². The number of alkyl halides is 1. The first-order valence-corrected chi connectivity index (χ1v) is 3.96. The van der Waals surface area contributed by atoms with Gasteiger partial charge in [0.1, 0.15) is 16.5 Å². The van der Waals surface area contributed by atoms with Crippen LogP contribution in [0.4, 0.5) is 0 Å². The van der Waals surface area contributed by atoms with Crippen molar-refractivity contribution in [3.63, 3.8) is 0 Å². The lowest BCUT2D eigenvalue weighted by Crippen LogP contribution is -2.33. The number of hydrogen-bond donors (Lipinski definition) is 3. The van der Waals surface area contributed by atoms with Gasteiger partial charge in [0.25, 0.3) is 0 Å². The zero-order valence-corrected chi connectivity index (χ0v) is 7.30. The Morgan fingerprint density at radius 2 is 1.90 bits per heavy atom. The summed E-state index contributed by atoms with van der Waals surface area (Å²) in [6.45, 7) is 0. The van der Waals surface area contributed by atoms with E-state index < -0.39 is 16.3 Å². The van der Waals surface area contributed by atoms with Gasteiger partial charge in [0.05, 0.1) is 6.10 Å². The third kappa shape index (κ3) is 3.45. The number of rotatable bonds is 4. The summed E-state index contributed by atoms with van der Waals surface area (Å²) in [5.74, 6) is 0. The SMILES string of the molecule is O=CC[C@H](O)[C@H](O)C(O)I. The van der Waals surface area contributed by atoms with Gasteiger partial charge in [-0.3, -0.25) is 0 Å². The van der Waals surface area contributed by atoms with Crippen molar-refractivity contribution < 1.29 is 20.1 Å². The maximum absolute atomic E-state index is 9.79. The summed E-state index contributed by atoms with van der Waals surface area (Å²) >= 11 is 1.55. The molecular formula is C5H9IO4. The minimum Gasteiger partial charge on any atom is -0.390 e. The summed E-state index contributed by atoms with van der Waals surface area (Å²) in [6.07, 6.45) is -2.07. The van der Waals surface area contributed by atoms with Gasteiger partial charge in [-0.2, -0.15) is 0 Å². The molecule has 0 radical (unpaired) electrons. The largest absolute Gasteiger partial charge is 0.390 e. The third-order valence-electron chi connectivity index (χ3n) is 1.01. The van der Waals surface area contributed by atoms with Crippen LogP contribution in [0.3, 0.4) is 0 Å². The molecule has 60 valence electrons. The molecule has 0 rings (SSSR count). The van der Waals surface area contributed by atoms with E-state index in [0.29, 0.717) is 6.29 Å². The van der Waals surface area contributed by atoms with Crippen molar-refractivity contribution in [2.45, 2.75) is 22.7 Å². The number of aliphatic hydroxyl groups is 3. The first-order valence-electron chi connectivity index (χ1n) is 2.71. The molecule has 0 aromatic carbocycles. The van der Waals surface area contributed by atoms with Gasteiger partial charge < -0.3 is 20.1 Å². The smallest absolute Gasteiger partial charge is 0.133 e. The molecular weight excluding hydrogens is 251 g/mol. The molecule has 3 N–H and O–H groups in total. The van der Waals surface area contributed by atoms with Crippen LogP contribution in [-0.4, -0.2) is 37.9 Å². The minimum atomic E-state index is -1.24. The molecule has 10 heavy (non-hydrogen) atoms. The molecule has 0 aliphatic heterocycles. The van der Waals surface area contributed by atoms with Crippen molar-refractivity contribution in [1.29, 1.82) is 0 Å². The Bertz CT molecular complexity index is 106. The van der Waals surface area contributed by atoms with Crippen LogP contribution < -0.4 is 0 Å². The van der Waals surface area contributed by atoms with Crippen molar-refractivity contribution in [1.82, 2.24) is 0 Å². The normalized spacial score (nSPS) is 19.6. The van der Waals surface area contributed by atoms with E-state index in [1.54, 1.807) is 22.6 Å². The number of carbonyl (C=O) groups excluding carboxylic acids is 1. The second kappa shape index (κ2) is 5.00. The van der Waals surface area contributed by atoms with Crippen molar-refractivity contribution in [2.24, 2.45) is 0 Å². The number of halogens is 1. The van der Waals surface area contributed by atoms with Crippen molar-refractivity contribution in [3.8, 4) is 0 Å². The maximum Gasteiger partial charge on any atom is 0.133 e. The summed E-state index contributed by atoms with van der Waals surface area (Å²) < 4.78 is -1.03. The van der Waals surface area contributed by atoms with Gasteiger partial charge in [-0.1, -0.05) is 0 Å². The molecule has 4 nitrogen and oxygen atoms in total. The second-order valence-electron chi connectivity index (χ2n) is 1.83. The Morgan fingerprint density at radius 1 is 1.40 bits per heavy atom. The monoisotopic (exact) mass is 260 g/mol. The van der Waals surface area contributed by atoms with E-state index in [2.05, 4.69) is 0 Å². The van der Waals surface area contributed by atoms with Gasteiger partial charge in [-0.25, -0.2) is 0 Å². The van der Waals surface area contributed by atoms with Gasteiger partial charge in [0.2, 0.25) is 0 Å². The lowest BCUT2D eigenvalue weighted by Gasteiger charge is -2.16. The molecule has 1 unspecified atom stereocenters. The fraction of sp³-hybridized carbons (Fsp3) is 0.800. The van der Waals surface area contributed by atoms with E-state index in [-0.39, 0.29) is 6.42 Å². The Balaban J connectivity index is 3.68. The highest BCUT2D eigenvalue weighted by Gasteiger charge is 2.21. The average Bonchev–Trinajstić information content (AvgIpc) is 1.87. The standard InChI is InChI=1S/C5H9IO4/c6-5(10)4(9)3(8)1-2-7/h2-5,8-10H,1H2/t3-,4-,5?/m0/s1.